The standard InChI is InChI=1S/C14H15Cl2N5O3S/c15-11-2-1-3-12(16)14(11)25(23,24)18-5-4-13(22)20-8-10(9-20)21-7-6-17-19-21/h1-3,6-7,10,18H,4-5,8-9H2. The van der Waals surface area contributed by atoms with Gasteiger partial charge in [0.2, 0.25) is 15.9 Å². The maximum absolute atomic E-state index is 12.3. The smallest absolute Gasteiger partial charge is 0.243 e. The minimum absolute atomic E-state index is 0.0322. The van der Waals surface area contributed by atoms with E-state index in [1.165, 1.54) is 12.1 Å². The number of aromatic nitrogens is 3. The van der Waals surface area contributed by atoms with Crippen molar-refractivity contribution < 1.29 is 13.2 Å². The molecule has 0 aliphatic carbocycles. The number of halogens is 2. The summed E-state index contributed by atoms with van der Waals surface area (Å²) in [6.07, 6.45) is 3.37. The van der Waals surface area contributed by atoms with Gasteiger partial charge in [-0.1, -0.05) is 34.5 Å². The Hall–Kier alpha value is -1.68. The van der Waals surface area contributed by atoms with E-state index in [1.54, 1.807) is 28.0 Å². The van der Waals surface area contributed by atoms with Crippen LogP contribution in [-0.2, 0) is 14.8 Å². The van der Waals surface area contributed by atoms with E-state index in [4.69, 9.17) is 23.2 Å². The van der Waals surface area contributed by atoms with Crippen LogP contribution >= 0.6 is 23.2 Å². The zero-order chi connectivity index (χ0) is 18.0. The van der Waals surface area contributed by atoms with Crippen LogP contribution in [0.15, 0.2) is 35.5 Å². The second kappa shape index (κ2) is 7.28. The molecule has 3 rings (SSSR count). The van der Waals surface area contributed by atoms with Crippen molar-refractivity contribution in [2.45, 2.75) is 17.4 Å². The van der Waals surface area contributed by atoms with Crippen LogP contribution in [0.25, 0.3) is 0 Å². The molecule has 1 aliphatic rings. The molecule has 0 radical (unpaired) electrons. The zero-order valence-corrected chi connectivity index (χ0v) is 15.3. The molecule has 25 heavy (non-hydrogen) atoms. The molecule has 2 aromatic rings. The SMILES string of the molecule is O=C(CCNS(=O)(=O)c1c(Cl)cccc1Cl)N1CC(n2ccnn2)C1. The normalized spacial score (nSPS) is 15.2. The average molecular weight is 404 g/mol. The summed E-state index contributed by atoms with van der Waals surface area (Å²) in [5.74, 6) is -0.135. The van der Waals surface area contributed by atoms with Crippen molar-refractivity contribution in [3.8, 4) is 0 Å². The Kier molecular flexibility index (Phi) is 5.28. The quantitative estimate of drug-likeness (QED) is 0.784. The molecule has 1 aromatic carbocycles. The summed E-state index contributed by atoms with van der Waals surface area (Å²) in [4.78, 5) is 13.6. The molecule has 1 saturated heterocycles. The second-order valence-corrected chi connectivity index (χ2v) is 8.05. The van der Waals surface area contributed by atoms with Gasteiger partial charge in [-0.3, -0.25) is 4.79 Å². The number of benzene rings is 1. The fourth-order valence-electron chi connectivity index (χ4n) is 2.50. The number of nitrogens with zero attached hydrogens (tertiary/aromatic N) is 4. The van der Waals surface area contributed by atoms with Gasteiger partial charge in [-0.05, 0) is 12.1 Å². The molecule has 0 unspecified atom stereocenters. The predicted molar refractivity (Wildman–Crippen MR) is 91.9 cm³/mol. The Morgan fingerprint density at radius 3 is 2.56 bits per heavy atom. The maximum atomic E-state index is 12.3. The highest BCUT2D eigenvalue weighted by Crippen LogP contribution is 2.28. The van der Waals surface area contributed by atoms with Crippen LogP contribution < -0.4 is 4.72 Å². The third kappa shape index (κ3) is 3.95. The van der Waals surface area contributed by atoms with Crippen molar-refractivity contribution in [2.24, 2.45) is 0 Å². The molecule has 1 aliphatic heterocycles. The van der Waals surface area contributed by atoms with Crippen LogP contribution in [-0.4, -0.2) is 53.9 Å². The highest BCUT2D eigenvalue weighted by molar-refractivity contribution is 7.89. The lowest BCUT2D eigenvalue weighted by molar-refractivity contribution is -0.137. The van der Waals surface area contributed by atoms with E-state index < -0.39 is 10.0 Å². The van der Waals surface area contributed by atoms with Gasteiger partial charge in [0, 0.05) is 32.3 Å². The van der Waals surface area contributed by atoms with Crippen LogP contribution in [0, 0.1) is 0 Å². The van der Waals surface area contributed by atoms with Gasteiger partial charge in [-0.15, -0.1) is 5.10 Å². The van der Waals surface area contributed by atoms with Crippen molar-refractivity contribution in [3.63, 3.8) is 0 Å². The van der Waals surface area contributed by atoms with Gasteiger partial charge < -0.3 is 4.90 Å². The number of sulfonamides is 1. The number of hydrogen-bond acceptors (Lipinski definition) is 5. The molecule has 134 valence electrons. The molecule has 0 bridgehead atoms. The molecule has 0 spiro atoms. The molecule has 11 heteroatoms. The summed E-state index contributed by atoms with van der Waals surface area (Å²) in [7, 11) is -3.88. The van der Waals surface area contributed by atoms with E-state index in [0.717, 1.165) is 0 Å². The van der Waals surface area contributed by atoms with Crippen molar-refractivity contribution in [1.82, 2.24) is 24.6 Å². The molecule has 1 N–H and O–H groups in total. The van der Waals surface area contributed by atoms with Gasteiger partial charge in [-0.25, -0.2) is 17.8 Å². The molecule has 1 fully saturated rings. The number of rotatable bonds is 6. The van der Waals surface area contributed by atoms with E-state index in [9.17, 15) is 13.2 Å². The molecule has 0 saturated carbocycles. The second-order valence-electron chi connectivity index (χ2n) is 5.53. The van der Waals surface area contributed by atoms with Gasteiger partial charge in [0.05, 0.1) is 22.3 Å². The number of hydrogen-bond donors (Lipinski definition) is 1. The van der Waals surface area contributed by atoms with E-state index in [-0.39, 0.29) is 39.9 Å². The van der Waals surface area contributed by atoms with Gasteiger partial charge in [0.25, 0.3) is 0 Å². The van der Waals surface area contributed by atoms with Crippen molar-refractivity contribution >= 4 is 39.1 Å². The van der Waals surface area contributed by atoms with Crippen molar-refractivity contribution in [2.75, 3.05) is 19.6 Å². The Morgan fingerprint density at radius 1 is 1.28 bits per heavy atom. The van der Waals surface area contributed by atoms with Crippen LogP contribution in [0.3, 0.4) is 0 Å². The lowest BCUT2D eigenvalue weighted by Crippen LogP contribution is -2.51. The lowest BCUT2D eigenvalue weighted by atomic mass is 10.1. The molecule has 8 nitrogen and oxygen atoms in total. The van der Waals surface area contributed by atoms with E-state index in [1.807, 2.05) is 0 Å². The van der Waals surface area contributed by atoms with Crippen LogP contribution in [0.4, 0.5) is 0 Å². The lowest BCUT2D eigenvalue weighted by Gasteiger charge is -2.38. The summed E-state index contributed by atoms with van der Waals surface area (Å²) in [6, 6.07) is 4.56. The summed E-state index contributed by atoms with van der Waals surface area (Å²) < 4.78 is 28.6. The summed E-state index contributed by atoms with van der Waals surface area (Å²) >= 11 is 11.8. The van der Waals surface area contributed by atoms with E-state index in [2.05, 4.69) is 15.0 Å². The fraction of sp³-hybridized carbons (Fsp3) is 0.357. The number of likely N-dealkylation sites (tertiary alicyclic amines) is 1. The summed E-state index contributed by atoms with van der Waals surface area (Å²) in [5.41, 5.74) is 0. The topological polar surface area (TPSA) is 97.2 Å². The third-order valence-electron chi connectivity index (χ3n) is 3.85. The maximum Gasteiger partial charge on any atom is 0.243 e. The Morgan fingerprint density at radius 2 is 1.96 bits per heavy atom. The monoisotopic (exact) mass is 403 g/mol. The highest BCUT2D eigenvalue weighted by atomic mass is 35.5. The molecular weight excluding hydrogens is 389 g/mol. The first-order chi connectivity index (χ1) is 11.9. The number of nitrogens with one attached hydrogen (secondary N) is 1. The van der Waals surface area contributed by atoms with Gasteiger partial charge >= 0.3 is 0 Å². The molecule has 1 aromatic heterocycles. The zero-order valence-electron chi connectivity index (χ0n) is 13.0. The number of amides is 1. The minimum atomic E-state index is -3.88. The van der Waals surface area contributed by atoms with Gasteiger partial charge in [0.15, 0.2) is 0 Å². The first-order valence-corrected chi connectivity index (χ1v) is 9.69. The summed E-state index contributed by atoms with van der Waals surface area (Å²) in [6.45, 7) is 1.03. The van der Waals surface area contributed by atoms with E-state index >= 15 is 0 Å². The molecule has 1 amide bonds. The van der Waals surface area contributed by atoms with Crippen molar-refractivity contribution in [1.29, 1.82) is 0 Å². The van der Waals surface area contributed by atoms with Crippen LogP contribution in [0.1, 0.15) is 12.5 Å². The number of carbonyl (C=O) groups is 1. The third-order valence-corrected chi connectivity index (χ3v) is 6.26. The Balaban J connectivity index is 1.50. The first kappa shape index (κ1) is 18.1. The highest BCUT2D eigenvalue weighted by Gasteiger charge is 2.32. The van der Waals surface area contributed by atoms with Crippen LogP contribution in [0.2, 0.25) is 10.0 Å². The van der Waals surface area contributed by atoms with Gasteiger partial charge in [0.1, 0.15) is 4.90 Å². The Bertz CT molecular complexity index is 846. The largest absolute Gasteiger partial charge is 0.338 e. The average Bonchev–Trinajstić information content (AvgIpc) is 2.99. The Labute approximate surface area is 154 Å². The minimum Gasteiger partial charge on any atom is -0.338 e. The van der Waals surface area contributed by atoms with Crippen LogP contribution in [0.5, 0.6) is 0 Å². The molecular formula is C14H15Cl2N5O3S. The summed E-state index contributed by atoms with van der Waals surface area (Å²) in [5, 5.41) is 7.68. The van der Waals surface area contributed by atoms with Crippen molar-refractivity contribution in [3.05, 3.63) is 40.6 Å². The van der Waals surface area contributed by atoms with Gasteiger partial charge in [-0.2, -0.15) is 0 Å². The molecule has 0 atom stereocenters. The number of carbonyl (C=O) groups excluding carboxylic acids is 1. The predicted octanol–water partition coefficient (Wildman–Crippen LogP) is 1.34. The fourth-order valence-corrected chi connectivity index (χ4v) is 4.67. The molecule has 2 heterocycles. The first-order valence-electron chi connectivity index (χ1n) is 7.46. The van der Waals surface area contributed by atoms with E-state index in [0.29, 0.717) is 13.1 Å².